The van der Waals surface area contributed by atoms with Crippen LogP contribution in [0, 0.1) is 0 Å². The van der Waals surface area contributed by atoms with Gasteiger partial charge in [-0.2, -0.15) is 0 Å². The fourth-order valence-electron chi connectivity index (χ4n) is 0.889. The SMILES string of the molecule is C=CCOCC(CO)OCC=C.NC(COP(=O)(O)O)C(=O)O. The van der Waals surface area contributed by atoms with Gasteiger partial charge >= 0.3 is 13.8 Å². The second-order valence-corrected chi connectivity index (χ2v) is 5.22. The van der Waals surface area contributed by atoms with Gasteiger partial charge in [0.2, 0.25) is 0 Å². The van der Waals surface area contributed by atoms with Crippen LogP contribution in [0.5, 0.6) is 0 Å². The number of nitrogens with two attached hydrogens (primary N) is 1. The molecule has 10 nitrogen and oxygen atoms in total. The highest BCUT2D eigenvalue weighted by Crippen LogP contribution is 2.35. The first-order chi connectivity index (χ1) is 10.7. The second-order valence-electron chi connectivity index (χ2n) is 3.98. The average Bonchev–Trinajstić information content (AvgIpc) is 2.48. The van der Waals surface area contributed by atoms with Crippen LogP contribution in [0.25, 0.3) is 0 Å². The van der Waals surface area contributed by atoms with E-state index >= 15 is 0 Å². The summed E-state index contributed by atoms with van der Waals surface area (Å²) in [6.07, 6.45) is 3.03. The van der Waals surface area contributed by atoms with E-state index in [1.165, 1.54) is 0 Å². The Balaban J connectivity index is 0. The van der Waals surface area contributed by atoms with E-state index in [9.17, 15) is 9.36 Å². The van der Waals surface area contributed by atoms with Crippen LogP contribution in [-0.4, -0.2) is 71.1 Å². The van der Waals surface area contributed by atoms with E-state index in [0.717, 1.165) is 0 Å². The van der Waals surface area contributed by atoms with Crippen molar-refractivity contribution in [1.82, 2.24) is 0 Å². The summed E-state index contributed by atoms with van der Waals surface area (Å²) >= 11 is 0. The highest BCUT2D eigenvalue weighted by atomic mass is 31.2. The number of rotatable bonds is 12. The Kier molecular flexibility index (Phi) is 15.2. The Hall–Kier alpha value is -1.10. The molecule has 0 fully saturated rings. The summed E-state index contributed by atoms with van der Waals surface area (Å²) in [6, 6.07) is -1.41. The fraction of sp³-hybridized carbons (Fsp3) is 0.583. The lowest BCUT2D eigenvalue weighted by Crippen LogP contribution is -2.34. The molecular weight excluding hydrogens is 333 g/mol. The first kappa shape index (κ1) is 24.2. The van der Waals surface area contributed by atoms with Gasteiger partial charge in [-0.1, -0.05) is 12.2 Å². The van der Waals surface area contributed by atoms with Crippen LogP contribution in [0.3, 0.4) is 0 Å². The van der Waals surface area contributed by atoms with Crippen molar-refractivity contribution in [3.63, 3.8) is 0 Å². The third-order valence-corrected chi connectivity index (χ3v) is 2.42. The zero-order chi connectivity index (χ0) is 18.3. The van der Waals surface area contributed by atoms with Gasteiger partial charge in [0.25, 0.3) is 0 Å². The zero-order valence-electron chi connectivity index (χ0n) is 12.6. The molecule has 136 valence electrons. The summed E-state index contributed by atoms with van der Waals surface area (Å²) in [5, 5.41) is 16.9. The molecule has 0 rings (SSSR count). The molecule has 0 aliphatic carbocycles. The lowest BCUT2D eigenvalue weighted by Gasteiger charge is -2.13. The van der Waals surface area contributed by atoms with Crippen LogP contribution < -0.4 is 5.73 Å². The molecule has 0 heterocycles. The minimum Gasteiger partial charge on any atom is -0.480 e. The third kappa shape index (κ3) is 18.9. The van der Waals surface area contributed by atoms with Crippen LogP contribution in [0.2, 0.25) is 0 Å². The van der Waals surface area contributed by atoms with Crippen molar-refractivity contribution in [2.45, 2.75) is 12.1 Å². The molecule has 0 aliphatic rings. The third-order valence-electron chi connectivity index (χ3n) is 1.93. The molecule has 0 radical (unpaired) electrons. The molecule has 0 saturated heterocycles. The van der Waals surface area contributed by atoms with Crippen molar-refractivity contribution in [3.05, 3.63) is 25.3 Å². The number of carbonyl (C=O) groups is 1. The highest BCUT2D eigenvalue weighted by molar-refractivity contribution is 7.46. The summed E-state index contributed by atoms with van der Waals surface area (Å²) < 4.78 is 24.1. The topological polar surface area (TPSA) is 169 Å². The number of phosphoric acid groups is 1. The van der Waals surface area contributed by atoms with E-state index in [4.69, 9.17) is 35.2 Å². The second kappa shape index (κ2) is 14.5. The van der Waals surface area contributed by atoms with Gasteiger partial charge in [0, 0.05) is 0 Å². The highest BCUT2D eigenvalue weighted by Gasteiger charge is 2.19. The van der Waals surface area contributed by atoms with E-state index in [-0.39, 0.29) is 12.7 Å². The molecule has 2 unspecified atom stereocenters. The lowest BCUT2D eigenvalue weighted by atomic mass is 10.3. The smallest absolute Gasteiger partial charge is 0.469 e. The van der Waals surface area contributed by atoms with Crippen molar-refractivity contribution in [2.75, 3.05) is 33.0 Å². The van der Waals surface area contributed by atoms with Gasteiger partial charge in [-0.3, -0.25) is 9.32 Å². The van der Waals surface area contributed by atoms with E-state index in [1.807, 2.05) is 0 Å². The number of aliphatic carboxylic acids is 1. The number of hydrogen-bond acceptors (Lipinski definition) is 7. The van der Waals surface area contributed by atoms with Crippen LogP contribution in [0.4, 0.5) is 0 Å². The first-order valence-electron chi connectivity index (χ1n) is 6.38. The van der Waals surface area contributed by atoms with E-state index in [1.54, 1.807) is 12.2 Å². The molecule has 0 amide bonds. The summed E-state index contributed by atoms with van der Waals surface area (Å²) in [6.45, 7) is 7.55. The largest absolute Gasteiger partial charge is 0.480 e. The molecule has 0 aromatic carbocycles. The fourth-order valence-corrected chi connectivity index (χ4v) is 1.24. The van der Waals surface area contributed by atoms with Gasteiger partial charge in [0.1, 0.15) is 12.1 Å². The average molecular weight is 357 g/mol. The van der Waals surface area contributed by atoms with Crippen molar-refractivity contribution in [1.29, 1.82) is 0 Å². The number of aliphatic hydroxyl groups is 1. The quantitative estimate of drug-likeness (QED) is 0.170. The molecule has 0 spiro atoms. The van der Waals surface area contributed by atoms with E-state index in [2.05, 4.69) is 17.7 Å². The lowest BCUT2D eigenvalue weighted by molar-refractivity contribution is -0.139. The number of carboxylic acids is 1. The molecule has 0 aromatic rings. The predicted molar refractivity (Wildman–Crippen MR) is 81.6 cm³/mol. The Morgan fingerprint density at radius 3 is 2.17 bits per heavy atom. The molecule has 6 N–H and O–H groups in total. The van der Waals surface area contributed by atoms with Gasteiger partial charge in [-0.15, -0.1) is 13.2 Å². The molecule has 0 bridgehead atoms. The molecular formula is C12H24NO9P. The van der Waals surface area contributed by atoms with Crippen LogP contribution in [0.1, 0.15) is 0 Å². The number of phosphoric ester groups is 1. The van der Waals surface area contributed by atoms with E-state index < -0.39 is 26.4 Å². The Labute approximate surface area is 134 Å². The number of carboxylic acid groups (broad SMARTS) is 1. The number of hydrogen-bond donors (Lipinski definition) is 5. The summed E-state index contributed by atoms with van der Waals surface area (Å²) in [7, 11) is -4.60. The number of aliphatic hydroxyl groups excluding tert-OH is 1. The van der Waals surface area contributed by atoms with Gasteiger partial charge in [0.15, 0.2) is 0 Å². The van der Waals surface area contributed by atoms with Crippen molar-refractivity contribution in [2.24, 2.45) is 5.73 Å². The minimum atomic E-state index is -4.60. The van der Waals surface area contributed by atoms with Gasteiger partial charge < -0.3 is 35.2 Å². The predicted octanol–water partition coefficient (Wildman–Crippen LogP) is -0.740. The van der Waals surface area contributed by atoms with E-state index in [0.29, 0.717) is 19.8 Å². The van der Waals surface area contributed by atoms with Crippen LogP contribution >= 0.6 is 7.82 Å². The monoisotopic (exact) mass is 357 g/mol. The molecule has 2 atom stereocenters. The van der Waals surface area contributed by atoms with Crippen LogP contribution in [-0.2, 0) is 23.4 Å². The number of ether oxygens (including phenoxy) is 2. The minimum absolute atomic E-state index is 0.0367. The Morgan fingerprint density at radius 2 is 1.78 bits per heavy atom. The summed E-state index contributed by atoms with van der Waals surface area (Å²) in [4.78, 5) is 26.1. The Morgan fingerprint density at radius 1 is 1.22 bits per heavy atom. The normalized spacial score (nSPS) is 13.4. The van der Waals surface area contributed by atoms with Gasteiger partial charge in [-0.05, 0) is 0 Å². The summed E-state index contributed by atoms with van der Waals surface area (Å²) in [5.41, 5.74) is 4.86. The first-order valence-corrected chi connectivity index (χ1v) is 7.91. The van der Waals surface area contributed by atoms with Gasteiger partial charge in [-0.25, -0.2) is 4.57 Å². The molecule has 11 heteroatoms. The maximum atomic E-state index is 9.98. The molecule has 23 heavy (non-hydrogen) atoms. The standard InChI is InChI=1S/C9H16O3.C3H8NO6P/c1-3-5-11-8-9(7-10)12-6-4-2;4-2(3(5)6)1-10-11(7,8)9/h3-4,9-10H,1-2,5-8H2;2H,1,4H2,(H,5,6)(H2,7,8,9). The van der Waals surface area contributed by atoms with Crippen molar-refractivity contribution >= 4 is 13.8 Å². The Bertz CT molecular complexity index is 385. The van der Waals surface area contributed by atoms with Crippen LogP contribution in [0.15, 0.2) is 25.3 Å². The molecule has 0 aromatic heterocycles. The molecule has 0 aliphatic heterocycles. The zero-order valence-corrected chi connectivity index (χ0v) is 13.5. The maximum Gasteiger partial charge on any atom is 0.469 e. The maximum absolute atomic E-state index is 9.98. The van der Waals surface area contributed by atoms with Crippen molar-refractivity contribution < 1.29 is 43.4 Å². The van der Waals surface area contributed by atoms with Crippen molar-refractivity contribution in [3.8, 4) is 0 Å². The van der Waals surface area contributed by atoms with Gasteiger partial charge in [0.05, 0.1) is 33.0 Å². The summed E-state index contributed by atoms with van der Waals surface area (Å²) in [5.74, 6) is -1.38. The molecule has 0 saturated carbocycles.